The van der Waals surface area contributed by atoms with Gasteiger partial charge in [0.15, 0.2) is 5.54 Å². The predicted octanol–water partition coefficient (Wildman–Crippen LogP) is 3.08. The number of nitrogen functional groups attached to an aromatic ring is 1. The standard InChI is InChI=1S/C20H20N4O2S/c1-12-7-6-10-14(11-12)24-20(2,18(22)26)19-23-17(21)16(27-19)15(25)13-8-4-3-5-9-13/h3-11,24H,21H2,1-2H3,(H2,22,26)/t20-/m0/s1. The van der Waals surface area contributed by atoms with Crippen LogP contribution in [0.25, 0.3) is 0 Å². The molecule has 1 atom stereocenters. The summed E-state index contributed by atoms with van der Waals surface area (Å²) in [4.78, 5) is 29.6. The minimum atomic E-state index is -1.30. The molecule has 3 rings (SSSR count). The highest BCUT2D eigenvalue weighted by Crippen LogP contribution is 2.33. The number of nitrogens with one attached hydrogen (secondary N) is 1. The molecule has 1 amide bonds. The van der Waals surface area contributed by atoms with Crippen molar-refractivity contribution in [2.45, 2.75) is 19.4 Å². The van der Waals surface area contributed by atoms with E-state index in [0.29, 0.717) is 10.6 Å². The Morgan fingerprint density at radius 1 is 1.11 bits per heavy atom. The highest BCUT2D eigenvalue weighted by molar-refractivity contribution is 7.14. The quantitative estimate of drug-likeness (QED) is 0.569. The minimum Gasteiger partial charge on any atom is -0.382 e. The maximum absolute atomic E-state index is 12.7. The van der Waals surface area contributed by atoms with Crippen LogP contribution in [0.2, 0.25) is 0 Å². The van der Waals surface area contributed by atoms with Crippen molar-refractivity contribution in [2.75, 3.05) is 11.1 Å². The Balaban J connectivity index is 2.00. The van der Waals surface area contributed by atoms with Gasteiger partial charge in [0.25, 0.3) is 0 Å². The molecule has 0 saturated heterocycles. The number of ketones is 1. The predicted molar refractivity (Wildman–Crippen MR) is 108 cm³/mol. The first-order valence-electron chi connectivity index (χ1n) is 8.32. The first-order chi connectivity index (χ1) is 12.8. The largest absolute Gasteiger partial charge is 0.382 e. The summed E-state index contributed by atoms with van der Waals surface area (Å²) in [5.41, 5.74) is 12.6. The molecule has 0 fully saturated rings. The number of nitrogens with two attached hydrogens (primary N) is 2. The smallest absolute Gasteiger partial charge is 0.249 e. The summed E-state index contributed by atoms with van der Waals surface area (Å²) in [6.45, 7) is 3.58. The SMILES string of the molecule is Cc1cccc(N[C@@](C)(C(N)=O)c2nc(N)c(C(=O)c3ccccc3)s2)c1. The lowest BCUT2D eigenvalue weighted by atomic mass is 10.0. The van der Waals surface area contributed by atoms with Crippen LogP contribution < -0.4 is 16.8 Å². The molecule has 0 radical (unpaired) electrons. The minimum absolute atomic E-state index is 0.0855. The van der Waals surface area contributed by atoms with E-state index < -0.39 is 11.4 Å². The van der Waals surface area contributed by atoms with E-state index in [0.717, 1.165) is 22.6 Å². The monoisotopic (exact) mass is 380 g/mol. The van der Waals surface area contributed by atoms with E-state index >= 15 is 0 Å². The maximum atomic E-state index is 12.7. The van der Waals surface area contributed by atoms with Crippen LogP contribution in [-0.2, 0) is 10.3 Å². The number of aryl methyl sites for hydroxylation is 1. The highest BCUT2D eigenvalue weighted by Gasteiger charge is 2.38. The van der Waals surface area contributed by atoms with Gasteiger partial charge in [-0.15, -0.1) is 11.3 Å². The third kappa shape index (κ3) is 3.68. The van der Waals surface area contributed by atoms with Crippen LogP contribution in [0.4, 0.5) is 11.5 Å². The van der Waals surface area contributed by atoms with E-state index in [1.54, 1.807) is 31.2 Å². The molecule has 6 nitrogen and oxygen atoms in total. The fourth-order valence-corrected chi connectivity index (χ4v) is 3.71. The molecule has 0 unspecified atom stereocenters. The van der Waals surface area contributed by atoms with Crippen molar-refractivity contribution in [3.63, 3.8) is 0 Å². The number of amides is 1. The van der Waals surface area contributed by atoms with Crippen molar-refractivity contribution < 1.29 is 9.59 Å². The number of aromatic nitrogens is 1. The summed E-state index contributed by atoms with van der Waals surface area (Å²) >= 11 is 1.07. The first kappa shape index (κ1) is 18.6. The number of benzene rings is 2. The van der Waals surface area contributed by atoms with E-state index in [4.69, 9.17) is 11.5 Å². The summed E-state index contributed by atoms with van der Waals surface area (Å²) in [6, 6.07) is 16.4. The Kier molecular flexibility index (Phi) is 4.96. The zero-order chi connectivity index (χ0) is 19.6. The maximum Gasteiger partial charge on any atom is 0.249 e. The Morgan fingerprint density at radius 2 is 1.81 bits per heavy atom. The van der Waals surface area contributed by atoms with Gasteiger partial charge >= 0.3 is 0 Å². The molecule has 3 aromatic rings. The molecule has 0 bridgehead atoms. The van der Waals surface area contributed by atoms with Gasteiger partial charge in [-0.1, -0.05) is 42.5 Å². The van der Waals surface area contributed by atoms with Crippen molar-refractivity contribution in [1.82, 2.24) is 4.98 Å². The number of nitrogens with zero attached hydrogens (tertiary/aromatic N) is 1. The zero-order valence-corrected chi connectivity index (χ0v) is 15.8. The van der Waals surface area contributed by atoms with Gasteiger partial charge in [-0.25, -0.2) is 4.98 Å². The van der Waals surface area contributed by atoms with Crippen molar-refractivity contribution in [3.05, 3.63) is 75.6 Å². The molecule has 0 saturated carbocycles. The number of hydrogen-bond donors (Lipinski definition) is 3. The fraction of sp³-hybridized carbons (Fsp3) is 0.150. The molecule has 5 N–H and O–H groups in total. The van der Waals surface area contributed by atoms with Crippen molar-refractivity contribution in [2.24, 2.45) is 5.73 Å². The van der Waals surface area contributed by atoms with Crippen LogP contribution in [0.3, 0.4) is 0 Å². The number of anilines is 2. The van der Waals surface area contributed by atoms with E-state index in [-0.39, 0.29) is 16.5 Å². The van der Waals surface area contributed by atoms with Crippen molar-refractivity contribution in [1.29, 1.82) is 0 Å². The van der Waals surface area contributed by atoms with Crippen molar-refractivity contribution in [3.8, 4) is 0 Å². The summed E-state index contributed by atoms with van der Waals surface area (Å²) in [6.07, 6.45) is 0. The highest BCUT2D eigenvalue weighted by atomic mass is 32.1. The lowest BCUT2D eigenvalue weighted by Gasteiger charge is -2.26. The van der Waals surface area contributed by atoms with Gasteiger partial charge in [-0.05, 0) is 31.5 Å². The molecule has 0 aliphatic rings. The fourth-order valence-electron chi connectivity index (χ4n) is 2.66. The zero-order valence-electron chi connectivity index (χ0n) is 15.0. The molecular formula is C20H20N4O2S. The number of carbonyl (C=O) groups excluding carboxylic acids is 2. The van der Waals surface area contributed by atoms with Gasteiger partial charge in [0, 0.05) is 11.3 Å². The Hall–Kier alpha value is -3.19. The Bertz CT molecular complexity index is 1000. The van der Waals surface area contributed by atoms with Crippen LogP contribution in [0.1, 0.15) is 32.7 Å². The topological polar surface area (TPSA) is 111 Å². The number of hydrogen-bond acceptors (Lipinski definition) is 6. The van der Waals surface area contributed by atoms with Crippen LogP contribution in [0.15, 0.2) is 54.6 Å². The second-order valence-electron chi connectivity index (χ2n) is 6.41. The van der Waals surface area contributed by atoms with Gasteiger partial charge in [0.1, 0.15) is 15.7 Å². The molecule has 0 aliphatic carbocycles. The van der Waals surface area contributed by atoms with Crippen LogP contribution in [-0.4, -0.2) is 16.7 Å². The van der Waals surface area contributed by atoms with E-state index in [1.165, 1.54) is 0 Å². The molecule has 2 aromatic carbocycles. The second kappa shape index (κ2) is 7.20. The normalized spacial score (nSPS) is 13.0. The van der Waals surface area contributed by atoms with Gasteiger partial charge < -0.3 is 16.8 Å². The number of carbonyl (C=O) groups is 2. The number of rotatable bonds is 6. The third-order valence-corrected chi connectivity index (χ3v) is 5.52. The van der Waals surface area contributed by atoms with Gasteiger partial charge in [-0.3, -0.25) is 9.59 Å². The summed E-state index contributed by atoms with van der Waals surface area (Å²) in [5.74, 6) is -0.766. The van der Waals surface area contributed by atoms with E-state index in [2.05, 4.69) is 10.3 Å². The average Bonchev–Trinajstić information content (AvgIpc) is 3.04. The molecule has 7 heteroatoms. The average molecular weight is 380 g/mol. The van der Waals surface area contributed by atoms with Crippen LogP contribution in [0, 0.1) is 6.92 Å². The van der Waals surface area contributed by atoms with Gasteiger partial charge in [0.2, 0.25) is 11.7 Å². The summed E-state index contributed by atoms with van der Waals surface area (Å²) in [5, 5.41) is 3.48. The molecule has 1 heterocycles. The lowest BCUT2D eigenvalue weighted by Crippen LogP contribution is -2.45. The number of thiazole rings is 1. The van der Waals surface area contributed by atoms with E-state index in [9.17, 15) is 9.59 Å². The Labute approximate surface area is 161 Å². The second-order valence-corrected chi connectivity index (χ2v) is 7.41. The van der Waals surface area contributed by atoms with Gasteiger partial charge in [-0.2, -0.15) is 0 Å². The Morgan fingerprint density at radius 3 is 2.44 bits per heavy atom. The molecular weight excluding hydrogens is 360 g/mol. The first-order valence-corrected chi connectivity index (χ1v) is 9.14. The summed E-state index contributed by atoms with van der Waals surface area (Å²) < 4.78 is 0. The van der Waals surface area contributed by atoms with Crippen LogP contribution in [0.5, 0.6) is 0 Å². The van der Waals surface area contributed by atoms with Crippen LogP contribution >= 0.6 is 11.3 Å². The van der Waals surface area contributed by atoms with Crippen molar-refractivity contribution >= 4 is 34.5 Å². The number of primary amides is 1. The molecule has 0 spiro atoms. The molecule has 138 valence electrons. The molecule has 0 aliphatic heterocycles. The third-order valence-electron chi connectivity index (χ3n) is 4.23. The lowest BCUT2D eigenvalue weighted by molar-refractivity contribution is -0.122. The van der Waals surface area contributed by atoms with E-state index in [1.807, 2.05) is 37.3 Å². The summed E-state index contributed by atoms with van der Waals surface area (Å²) in [7, 11) is 0. The van der Waals surface area contributed by atoms with Gasteiger partial charge in [0.05, 0.1) is 0 Å². The molecule has 27 heavy (non-hydrogen) atoms. The molecule has 1 aromatic heterocycles.